The number of anilines is 2. The van der Waals surface area contributed by atoms with Crippen molar-refractivity contribution in [1.82, 2.24) is 19.8 Å². The summed E-state index contributed by atoms with van der Waals surface area (Å²) in [6.07, 6.45) is 4.50. The molecule has 3 aliphatic heterocycles. The van der Waals surface area contributed by atoms with Crippen molar-refractivity contribution in [3.05, 3.63) is 65.9 Å². The molecule has 2 atom stereocenters. The van der Waals surface area contributed by atoms with Crippen molar-refractivity contribution in [3.8, 4) is 18.1 Å². The number of nitriles is 2. The summed E-state index contributed by atoms with van der Waals surface area (Å²) in [4.78, 5) is 31.0. The summed E-state index contributed by atoms with van der Waals surface area (Å²) in [5.41, 5.74) is 3.64. The minimum Gasteiger partial charge on any atom is -0.462 e. The van der Waals surface area contributed by atoms with Gasteiger partial charge in [0.05, 0.1) is 42.4 Å². The topological polar surface area (TPSA) is 113 Å². The van der Waals surface area contributed by atoms with Gasteiger partial charge < -0.3 is 24.3 Å². The van der Waals surface area contributed by atoms with E-state index in [2.05, 4.69) is 46.5 Å². The largest absolute Gasteiger partial charge is 0.462 e. The van der Waals surface area contributed by atoms with Crippen LogP contribution in [0.25, 0.3) is 10.8 Å². The molecule has 1 amide bonds. The highest BCUT2D eigenvalue weighted by molar-refractivity contribution is 5.98. The van der Waals surface area contributed by atoms with Gasteiger partial charge in [-0.3, -0.25) is 4.79 Å². The predicted molar refractivity (Wildman–Crippen MR) is 165 cm³/mol. The van der Waals surface area contributed by atoms with Crippen LogP contribution < -0.4 is 14.5 Å². The van der Waals surface area contributed by atoms with Gasteiger partial charge >= 0.3 is 6.01 Å². The van der Waals surface area contributed by atoms with Crippen LogP contribution >= 0.6 is 0 Å². The van der Waals surface area contributed by atoms with E-state index in [4.69, 9.17) is 14.7 Å². The van der Waals surface area contributed by atoms with Crippen LogP contribution in [0.5, 0.6) is 6.01 Å². The van der Waals surface area contributed by atoms with Crippen LogP contribution in [0, 0.1) is 22.7 Å². The van der Waals surface area contributed by atoms with Gasteiger partial charge in [0.1, 0.15) is 12.4 Å². The van der Waals surface area contributed by atoms with Gasteiger partial charge in [0.2, 0.25) is 5.91 Å². The molecule has 4 heterocycles. The highest BCUT2D eigenvalue weighted by atomic mass is 16.5. The zero-order valence-corrected chi connectivity index (χ0v) is 24.6. The van der Waals surface area contributed by atoms with Gasteiger partial charge in [0.15, 0.2) is 0 Å². The molecule has 0 spiro atoms. The van der Waals surface area contributed by atoms with Crippen LogP contribution in [0.3, 0.4) is 0 Å². The second kappa shape index (κ2) is 12.3. The van der Waals surface area contributed by atoms with Crippen molar-refractivity contribution >= 4 is 28.2 Å². The fraction of sp³-hybridized carbons (Fsp3) is 0.424. The molecule has 0 radical (unpaired) electrons. The van der Waals surface area contributed by atoms with E-state index in [9.17, 15) is 15.3 Å². The summed E-state index contributed by atoms with van der Waals surface area (Å²) >= 11 is 0. The standard InChI is InChI=1S/C33H36N8O2/c1-3-30(42)41-18-17-40(20-25(41)12-14-34)32-27-13-16-39(29-11-5-8-23-7-4-9-24(19-35)31(23)29)21-28(27)36-33(37-32)43-22-26-10-6-15-38(26)2/h3-5,7-9,11,25-26H,1,6,10,12-13,15-18,20-22H2,2H3/t25-,26?/m0/s1. The molecule has 0 aliphatic carbocycles. The Bertz CT molecular complexity index is 1620. The Balaban J connectivity index is 1.35. The molecular formula is C33H36N8O2. The lowest BCUT2D eigenvalue weighted by atomic mass is 9.99. The molecule has 2 saturated heterocycles. The number of piperazine rings is 1. The molecule has 10 nitrogen and oxygen atoms in total. The van der Waals surface area contributed by atoms with Gasteiger partial charge in [0, 0.05) is 48.9 Å². The van der Waals surface area contributed by atoms with Crippen molar-refractivity contribution < 1.29 is 9.53 Å². The number of amides is 1. The third-order valence-electron chi connectivity index (χ3n) is 9.01. The summed E-state index contributed by atoms with van der Waals surface area (Å²) in [6.45, 7) is 8.10. The third kappa shape index (κ3) is 5.59. The van der Waals surface area contributed by atoms with Crippen molar-refractivity contribution in [1.29, 1.82) is 10.5 Å². The molecular weight excluding hydrogens is 540 g/mol. The molecule has 2 fully saturated rings. The first-order valence-corrected chi connectivity index (χ1v) is 14.9. The van der Waals surface area contributed by atoms with Gasteiger partial charge in [-0.2, -0.15) is 20.5 Å². The van der Waals surface area contributed by atoms with Crippen molar-refractivity contribution in [3.63, 3.8) is 0 Å². The number of carbonyl (C=O) groups is 1. The lowest BCUT2D eigenvalue weighted by molar-refractivity contribution is -0.128. The number of hydrogen-bond donors (Lipinski definition) is 0. The molecule has 6 rings (SSSR count). The van der Waals surface area contributed by atoms with E-state index in [0.717, 1.165) is 65.9 Å². The van der Waals surface area contributed by atoms with Crippen LogP contribution in [-0.4, -0.2) is 84.1 Å². The Morgan fingerprint density at radius 3 is 2.67 bits per heavy atom. The highest BCUT2D eigenvalue weighted by Crippen LogP contribution is 2.36. The van der Waals surface area contributed by atoms with Crippen LogP contribution in [-0.2, 0) is 17.8 Å². The van der Waals surface area contributed by atoms with E-state index >= 15 is 0 Å². The summed E-state index contributed by atoms with van der Waals surface area (Å²) in [7, 11) is 2.12. The SMILES string of the molecule is C=CC(=O)N1CCN(c2nc(OCC3CCCN3C)nc3c2CCN(c2cccc4cccc(C#N)c24)C3)C[C@@H]1CC#N. The quantitative estimate of drug-likeness (QED) is 0.389. The fourth-order valence-corrected chi connectivity index (χ4v) is 6.69. The number of likely N-dealkylation sites (N-methyl/N-ethyl adjacent to an activating group) is 1. The number of aromatic nitrogens is 2. The Kier molecular flexibility index (Phi) is 8.13. The van der Waals surface area contributed by atoms with Gasteiger partial charge in [-0.15, -0.1) is 0 Å². The molecule has 1 unspecified atom stereocenters. The number of hydrogen-bond acceptors (Lipinski definition) is 9. The smallest absolute Gasteiger partial charge is 0.318 e. The first-order valence-electron chi connectivity index (χ1n) is 14.9. The average Bonchev–Trinajstić information content (AvgIpc) is 3.46. The van der Waals surface area contributed by atoms with E-state index in [-0.39, 0.29) is 18.4 Å². The monoisotopic (exact) mass is 576 g/mol. The Morgan fingerprint density at radius 1 is 1.09 bits per heavy atom. The molecule has 0 bridgehead atoms. The number of rotatable bonds is 7. The van der Waals surface area contributed by atoms with E-state index in [1.165, 1.54) is 6.08 Å². The molecule has 0 N–H and O–H groups in total. The number of fused-ring (bicyclic) bond motifs is 2. The molecule has 3 aliphatic rings. The second-order valence-electron chi connectivity index (χ2n) is 11.5. The van der Waals surface area contributed by atoms with Gasteiger partial charge in [-0.05, 0) is 56.4 Å². The molecule has 220 valence electrons. The Labute approximate surface area is 252 Å². The Morgan fingerprint density at radius 2 is 1.93 bits per heavy atom. The number of nitrogens with zero attached hydrogens (tertiary/aromatic N) is 8. The summed E-state index contributed by atoms with van der Waals surface area (Å²) in [5, 5.41) is 21.4. The maximum absolute atomic E-state index is 12.5. The number of likely N-dealkylation sites (tertiary alicyclic amines) is 1. The minimum atomic E-state index is -0.258. The first kappa shape index (κ1) is 28.4. The number of carbonyl (C=O) groups excluding carboxylic acids is 1. The van der Waals surface area contributed by atoms with Gasteiger partial charge in [-0.1, -0.05) is 30.8 Å². The van der Waals surface area contributed by atoms with E-state index < -0.39 is 0 Å². The lowest BCUT2D eigenvalue weighted by Crippen LogP contribution is -2.55. The van der Waals surface area contributed by atoms with Crippen LogP contribution in [0.4, 0.5) is 11.5 Å². The molecule has 1 aromatic heterocycles. The number of ether oxygens (including phenoxy) is 1. The van der Waals surface area contributed by atoms with Crippen LogP contribution in [0.2, 0.25) is 0 Å². The maximum Gasteiger partial charge on any atom is 0.318 e. The number of benzene rings is 2. The average molecular weight is 577 g/mol. The van der Waals surface area contributed by atoms with Crippen LogP contribution in [0.1, 0.15) is 36.1 Å². The Hall–Kier alpha value is -4.67. The van der Waals surface area contributed by atoms with Crippen molar-refractivity contribution in [2.75, 3.05) is 56.2 Å². The van der Waals surface area contributed by atoms with Crippen LogP contribution in [0.15, 0.2) is 49.1 Å². The summed E-state index contributed by atoms with van der Waals surface area (Å²) in [5.74, 6) is 0.667. The molecule has 3 aromatic rings. The maximum atomic E-state index is 12.5. The van der Waals surface area contributed by atoms with E-state index in [0.29, 0.717) is 50.4 Å². The first-order chi connectivity index (χ1) is 21.0. The molecule has 43 heavy (non-hydrogen) atoms. The fourth-order valence-electron chi connectivity index (χ4n) is 6.69. The van der Waals surface area contributed by atoms with E-state index in [1.54, 1.807) is 4.90 Å². The molecule has 2 aromatic carbocycles. The lowest BCUT2D eigenvalue weighted by Gasteiger charge is -2.42. The normalized spacial score (nSPS) is 20.4. The summed E-state index contributed by atoms with van der Waals surface area (Å²) < 4.78 is 6.27. The van der Waals surface area contributed by atoms with Gasteiger partial charge in [0.25, 0.3) is 0 Å². The van der Waals surface area contributed by atoms with Gasteiger partial charge in [-0.25, -0.2) is 0 Å². The molecule has 0 saturated carbocycles. The van der Waals surface area contributed by atoms with E-state index in [1.807, 2.05) is 30.3 Å². The zero-order chi connectivity index (χ0) is 29.9. The third-order valence-corrected chi connectivity index (χ3v) is 9.01. The zero-order valence-electron chi connectivity index (χ0n) is 24.6. The second-order valence-corrected chi connectivity index (χ2v) is 11.5. The predicted octanol–water partition coefficient (Wildman–Crippen LogP) is 3.65. The molecule has 10 heteroatoms. The minimum absolute atomic E-state index is 0.156. The highest BCUT2D eigenvalue weighted by Gasteiger charge is 2.33. The summed E-state index contributed by atoms with van der Waals surface area (Å²) in [6, 6.07) is 17.0. The van der Waals surface area contributed by atoms with Crippen molar-refractivity contribution in [2.45, 2.75) is 44.3 Å². The van der Waals surface area contributed by atoms with Crippen molar-refractivity contribution in [2.24, 2.45) is 0 Å².